The van der Waals surface area contributed by atoms with Crippen LogP contribution in [0.25, 0.3) is 11.2 Å². The molecule has 0 bridgehead atoms. The van der Waals surface area contributed by atoms with Crippen molar-refractivity contribution >= 4 is 22.9 Å². The Labute approximate surface area is 126 Å². The molecule has 0 aliphatic heterocycles. The number of imidazole rings is 1. The molecule has 112 valence electrons. The maximum Gasteiger partial charge on any atom is 0.312 e. The van der Waals surface area contributed by atoms with Gasteiger partial charge in [-0.25, -0.2) is 4.98 Å². The number of hydrogen-bond acceptors (Lipinski definition) is 4. The average molecular weight is 299 g/mol. The van der Waals surface area contributed by atoms with Crippen LogP contribution in [0, 0.1) is 6.08 Å². The fourth-order valence-electron chi connectivity index (χ4n) is 2.12. The van der Waals surface area contributed by atoms with Gasteiger partial charge in [0.05, 0.1) is 6.33 Å². The quantitative estimate of drug-likeness (QED) is 0.755. The normalized spacial score (nSPS) is 11.1. The van der Waals surface area contributed by atoms with Gasteiger partial charge in [0, 0.05) is 11.6 Å². The van der Waals surface area contributed by atoms with E-state index in [-0.39, 0.29) is 17.8 Å². The molecule has 1 N–H and O–H groups in total. The highest BCUT2D eigenvalue weighted by molar-refractivity contribution is 6.06. The van der Waals surface area contributed by atoms with Gasteiger partial charge < -0.3 is 9.88 Å². The van der Waals surface area contributed by atoms with Gasteiger partial charge in [-0.2, -0.15) is 14.4 Å². The first-order chi connectivity index (χ1) is 10.6. The Kier molecular flexibility index (Phi) is 3.54. The lowest BCUT2D eigenvalue weighted by atomic mass is 10.2. The lowest BCUT2D eigenvalue weighted by molar-refractivity contribution is 0.102. The third-order valence-corrected chi connectivity index (χ3v) is 3.22. The number of rotatable bonds is 3. The first-order valence-corrected chi connectivity index (χ1v) is 6.82. The number of nitrogens with zero attached hydrogens (tertiary/aromatic N) is 4. The highest BCUT2D eigenvalue weighted by Crippen LogP contribution is 2.21. The number of amides is 1. The Morgan fingerprint density at radius 3 is 2.64 bits per heavy atom. The molecule has 1 aromatic carbocycles. The van der Waals surface area contributed by atoms with E-state index in [1.807, 2.05) is 19.9 Å². The summed E-state index contributed by atoms with van der Waals surface area (Å²) in [5.41, 5.74) is 1.17. The fraction of sp³-hybridized carbons (Fsp3) is 0.200. The average Bonchev–Trinajstić information content (AvgIpc) is 2.92. The van der Waals surface area contributed by atoms with Crippen molar-refractivity contribution in [2.75, 3.05) is 5.32 Å². The molecule has 0 spiro atoms. The number of carbonyl (C=O) groups excluding carboxylic acids is 1. The van der Waals surface area contributed by atoms with Crippen molar-refractivity contribution in [3.05, 3.63) is 48.3 Å². The number of nitrogens with one attached hydrogen (secondary N) is 1. The van der Waals surface area contributed by atoms with Crippen LogP contribution in [0.3, 0.4) is 0 Å². The van der Waals surface area contributed by atoms with Crippen LogP contribution in [0.5, 0.6) is 0 Å². The van der Waals surface area contributed by atoms with Crippen LogP contribution >= 0.6 is 0 Å². The highest BCUT2D eigenvalue weighted by atomic mass is 19.1. The van der Waals surface area contributed by atoms with Gasteiger partial charge in [-0.05, 0) is 26.0 Å². The second kappa shape index (κ2) is 5.51. The second-order valence-corrected chi connectivity index (χ2v) is 5.08. The van der Waals surface area contributed by atoms with Crippen molar-refractivity contribution in [3.8, 4) is 0 Å². The van der Waals surface area contributed by atoms with Gasteiger partial charge in [0.15, 0.2) is 17.0 Å². The van der Waals surface area contributed by atoms with E-state index in [1.165, 1.54) is 0 Å². The van der Waals surface area contributed by atoms with E-state index in [4.69, 9.17) is 0 Å². The molecule has 1 amide bonds. The number of carbonyl (C=O) groups is 1. The molecule has 0 saturated heterocycles. The minimum atomic E-state index is -0.904. The van der Waals surface area contributed by atoms with Crippen molar-refractivity contribution in [2.45, 2.75) is 19.9 Å². The number of halogens is 1. The second-order valence-electron chi connectivity index (χ2n) is 5.08. The van der Waals surface area contributed by atoms with E-state index >= 15 is 0 Å². The van der Waals surface area contributed by atoms with Crippen molar-refractivity contribution in [1.82, 2.24) is 19.5 Å². The Morgan fingerprint density at radius 2 is 1.95 bits per heavy atom. The number of fused-ring (bicyclic) bond motifs is 1. The number of anilines is 1. The van der Waals surface area contributed by atoms with E-state index in [1.54, 1.807) is 35.2 Å². The summed E-state index contributed by atoms with van der Waals surface area (Å²) in [4.78, 5) is 23.8. The van der Waals surface area contributed by atoms with E-state index in [2.05, 4.69) is 20.3 Å². The molecule has 22 heavy (non-hydrogen) atoms. The van der Waals surface area contributed by atoms with E-state index in [0.717, 1.165) is 0 Å². The molecular formula is C15H14FN5O. The first kappa shape index (κ1) is 14.1. The predicted molar refractivity (Wildman–Crippen MR) is 80.1 cm³/mol. The van der Waals surface area contributed by atoms with E-state index in [0.29, 0.717) is 16.7 Å². The molecule has 2 aromatic heterocycles. The molecule has 2 heterocycles. The summed E-state index contributed by atoms with van der Waals surface area (Å²) in [6.45, 7) is 3.87. The summed E-state index contributed by atoms with van der Waals surface area (Å²) in [6.07, 6.45) is 0.653. The zero-order valence-corrected chi connectivity index (χ0v) is 12.1. The molecule has 3 rings (SSSR count). The van der Waals surface area contributed by atoms with Gasteiger partial charge in [0.1, 0.15) is 0 Å². The Bertz CT molecular complexity index is 829. The van der Waals surface area contributed by atoms with Crippen molar-refractivity contribution in [1.29, 1.82) is 0 Å². The molecule has 3 aromatic rings. The summed E-state index contributed by atoms with van der Waals surface area (Å²) in [7, 11) is 0. The van der Waals surface area contributed by atoms with Crippen molar-refractivity contribution in [3.63, 3.8) is 0 Å². The molecular weight excluding hydrogens is 285 g/mol. The summed E-state index contributed by atoms with van der Waals surface area (Å²) in [6, 6.07) is 8.70. The van der Waals surface area contributed by atoms with Crippen LogP contribution in [0.2, 0.25) is 0 Å². The van der Waals surface area contributed by atoms with Gasteiger partial charge in [0.2, 0.25) is 0 Å². The van der Waals surface area contributed by atoms with Crippen LogP contribution in [-0.2, 0) is 0 Å². The predicted octanol–water partition coefficient (Wildman–Crippen LogP) is 2.80. The smallest absolute Gasteiger partial charge is 0.312 e. The van der Waals surface area contributed by atoms with Gasteiger partial charge in [0.25, 0.3) is 5.91 Å². The Balaban J connectivity index is 2.02. The van der Waals surface area contributed by atoms with Gasteiger partial charge >= 0.3 is 6.08 Å². The first-order valence-electron chi connectivity index (χ1n) is 6.82. The largest absolute Gasteiger partial charge is 0.312 e. The lowest BCUT2D eigenvalue weighted by Gasteiger charge is -2.08. The summed E-state index contributed by atoms with van der Waals surface area (Å²) in [5.74, 6) is -0.310. The summed E-state index contributed by atoms with van der Waals surface area (Å²) >= 11 is 0. The number of aromatic nitrogens is 4. The fourth-order valence-corrected chi connectivity index (χ4v) is 2.12. The third-order valence-electron chi connectivity index (χ3n) is 3.22. The standard InChI is InChI=1S/C15H14FN5O/c1-9(2)21-8-17-11-12(19-15(16)20-13(11)21)18-14(22)10-6-4-3-5-7-10/h3-9H,1-2H3,(H,18,19,20,22). The molecule has 0 unspecified atom stereocenters. The van der Waals surface area contributed by atoms with E-state index in [9.17, 15) is 9.18 Å². The molecule has 0 aliphatic rings. The topological polar surface area (TPSA) is 72.7 Å². The maximum atomic E-state index is 13.7. The van der Waals surface area contributed by atoms with Crippen LogP contribution in [0.15, 0.2) is 36.7 Å². The monoisotopic (exact) mass is 299 g/mol. The van der Waals surface area contributed by atoms with Crippen LogP contribution in [-0.4, -0.2) is 25.4 Å². The zero-order chi connectivity index (χ0) is 15.7. The minimum absolute atomic E-state index is 0.0655. The molecule has 7 heteroatoms. The lowest BCUT2D eigenvalue weighted by Crippen LogP contribution is -2.14. The van der Waals surface area contributed by atoms with E-state index < -0.39 is 6.08 Å². The molecule has 0 aliphatic carbocycles. The minimum Gasteiger partial charge on any atom is -0.312 e. The summed E-state index contributed by atoms with van der Waals surface area (Å²) < 4.78 is 15.4. The molecule has 0 atom stereocenters. The van der Waals surface area contributed by atoms with Crippen LogP contribution < -0.4 is 5.32 Å². The SMILES string of the molecule is CC(C)n1cnc2c(NC(=O)c3ccccc3)nc(F)nc21. The zero-order valence-electron chi connectivity index (χ0n) is 12.1. The molecule has 6 nitrogen and oxygen atoms in total. The van der Waals surface area contributed by atoms with Crippen LogP contribution in [0.1, 0.15) is 30.2 Å². The number of benzene rings is 1. The summed E-state index contributed by atoms with van der Waals surface area (Å²) in [5, 5.41) is 2.59. The molecule has 0 fully saturated rings. The highest BCUT2D eigenvalue weighted by Gasteiger charge is 2.17. The van der Waals surface area contributed by atoms with Gasteiger partial charge in [-0.15, -0.1) is 0 Å². The Morgan fingerprint density at radius 1 is 1.23 bits per heavy atom. The van der Waals surface area contributed by atoms with Gasteiger partial charge in [-0.1, -0.05) is 18.2 Å². The number of hydrogen-bond donors (Lipinski definition) is 1. The van der Waals surface area contributed by atoms with Crippen molar-refractivity contribution in [2.24, 2.45) is 0 Å². The Hall–Kier alpha value is -2.83. The maximum absolute atomic E-state index is 13.7. The van der Waals surface area contributed by atoms with Crippen molar-refractivity contribution < 1.29 is 9.18 Å². The van der Waals surface area contributed by atoms with Crippen LogP contribution in [0.4, 0.5) is 10.2 Å². The van der Waals surface area contributed by atoms with Gasteiger partial charge in [-0.3, -0.25) is 4.79 Å². The molecule has 0 radical (unpaired) electrons. The third kappa shape index (κ3) is 2.52. The molecule has 0 saturated carbocycles.